The topological polar surface area (TPSA) is 100 Å². The Bertz CT molecular complexity index is 668. The summed E-state index contributed by atoms with van der Waals surface area (Å²) < 4.78 is 1.61. The summed E-state index contributed by atoms with van der Waals surface area (Å²) in [6.07, 6.45) is 3.81. The Balaban J connectivity index is 1.61. The van der Waals surface area contributed by atoms with Crippen molar-refractivity contribution in [2.75, 3.05) is 18.4 Å². The van der Waals surface area contributed by atoms with Crippen LogP contribution >= 0.6 is 0 Å². The van der Waals surface area contributed by atoms with E-state index >= 15 is 0 Å². The molecule has 0 saturated carbocycles. The Morgan fingerprint density at radius 3 is 2.64 bits per heavy atom. The van der Waals surface area contributed by atoms with Crippen molar-refractivity contribution in [2.24, 2.45) is 5.92 Å². The van der Waals surface area contributed by atoms with Crippen LogP contribution in [0.5, 0.6) is 0 Å². The van der Waals surface area contributed by atoms with Crippen LogP contribution in [0.1, 0.15) is 6.42 Å². The van der Waals surface area contributed by atoms with Gasteiger partial charge in [-0.15, -0.1) is 5.10 Å². The van der Waals surface area contributed by atoms with Crippen molar-refractivity contribution in [3.8, 4) is 5.69 Å². The van der Waals surface area contributed by atoms with Crippen molar-refractivity contribution in [3.63, 3.8) is 0 Å². The molecule has 1 saturated heterocycles. The molecule has 1 unspecified atom stereocenters. The third-order valence-electron chi connectivity index (χ3n) is 3.63. The first-order chi connectivity index (χ1) is 10.6. The molecule has 1 aliphatic heterocycles. The summed E-state index contributed by atoms with van der Waals surface area (Å²) in [5, 5.41) is 19.3. The minimum atomic E-state index is -0.854. The maximum absolute atomic E-state index is 12.1. The van der Waals surface area contributed by atoms with E-state index in [1.165, 1.54) is 4.90 Å². The Labute approximate surface area is 126 Å². The van der Waals surface area contributed by atoms with E-state index in [4.69, 9.17) is 5.11 Å². The summed E-state index contributed by atoms with van der Waals surface area (Å²) >= 11 is 0. The molecule has 1 atom stereocenters. The van der Waals surface area contributed by atoms with E-state index in [9.17, 15) is 9.59 Å². The second-order valence-electron chi connectivity index (χ2n) is 5.09. The molecule has 0 aliphatic carbocycles. The number of hydrogen-bond donors (Lipinski definition) is 2. The van der Waals surface area contributed by atoms with Crippen molar-refractivity contribution in [1.82, 2.24) is 19.9 Å². The summed E-state index contributed by atoms with van der Waals surface area (Å²) in [6, 6.07) is 6.87. The Morgan fingerprint density at radius 2 is 2.05 bits per heavy atom. The lowest BCUT2D eigenvalue weighted by Gasteiger charge is -2.16. The highest BCUT2D eigenvalue weighted by Crippen LogP contribution is 2.18. The lowest BCUT2D eigenvalue weighted by atomic mass is 10.1. The zero-order chi connectivity index (χ0) is 15.5. The van der Waals surface area contributed by atoms with E-state index in [-0.39, 0.29) is 12.6 Å². The number of likely N-dealkylation sites (tertiary alicyclic amines) is 1. The average molecular weight is 301 g/mol. The Kier molecular flexibility index (Phi) is 3.73. The molecule has 3 rings (SSSR count). The molecule has 1 aromatic carbocycles. The van der Waals surface area contributed by atoms with Gasteiger partial charge in [0.2, 0.25) is 0 Å². The quantitative estimate of drug-likeness (QED) is 0.887. The molecule has 1 aliphatic rings. The number of anilines is 1. The molecule has 114 valence electrons. The molecular formula is C14H15N5O3. The minimum absolute atomic E-state index is 0.248. The van der Waals surface area contributed by atoms with E-state index in [0.29, 0.717) is 18.7 Å². The maximum Gasteiger partial charge on any atom is 0.321 e. The van der Waals surface area contributed by atoms with E-state index in [0.717, 1.165) is 5.69 Å². The van der Waals surface area contributed by atoms with Gasteiger partial charge in [-0.3, -0.25) is 4.79 Å². The van der Waals surface area contributed by atoms with Crippen LogP contribution in [-0.2, 0) is 4.79 Å². The third kappa shape index (κ3) is 2.90. The normalized spacial score (nSPS) is 17.5. The van der Waals surface area contributed by atoms with Gasteiger partial charge in [-0.05, 0) is 30.7 Å². The van der Waals surface area contributed by atoms with E-state index < -0.39 is 11.9 Å². The van der Waals surface area contributed by atoms with Crippen molar-refractivity contribution in [1.29, 1.82) is 0 Å². The van der Waals surface area contributed by atoms with Crippen molar-refractivity contribution < 1.29 is 14.7 Å². The fraction of sp³-hybridized carbons (Fsp3) is 0.286. The summed E-state index contributed by atoms with van der Waals surface area (Å²) in [6.45, 7) is 0.706. The van der Waals surface area contributed by atoms with Gasteiger partial charge in [-0.25, -0.2) is 9.48 Å². The number of aromatic nitrogens is 3. The van der Waals surface area contributed by atoms with E-state index in [1.54, 1.807) is 29.2 Å². The lowest BCUT2D eigenvalue weighted by molar-refractivity contribution is -0.141. The number of rotatable bonds is 3. The molecule has 8 heteroatoms. The zero-order valence-electron chi connectivity index (χ0n) is 11.7. The lowest BCUT2D eigenvalue weighted by Crippen LogP contribution is -2.33. The van der Waals surface area contributed by atoms with Gasteiger partial charge in [-0.2, -0.15) is 0 Å². The molecule has 22 heavy (non-hydrogen) atoms. The summed E-state index contributed by atoms with van der Waals surface area (Å²) in [5.41, 5.74) is 1.48. The van der Waals surface area contributed by atoms with Gasteiger partial charge < -0.3 is 15.3 Å². The SMILES string of the molecule is O=C(O)C1CCN(C(=O)Nc2ccc(-n3ccnn3)cc2)C1. The summed E-state index contributed by atoms with van der Waals surface area (Å²) in [5.74, 6) is -1.33. The van der Waals surface area contributed by atoms with Gasteiger partial charge in [0.15, 0.2) is 0 Å². The first kappa shape index (κ1) is 14.1. The highest BCUT2D eigenvalue weighted by Gasteiger charge is 2.30. The zero-order valence-corrected chi connectivity index (χ0v) is 11.7. The number of nitrogens with one attached hydrogen (secondary N) is 1. The fourth-order valence-electron chi connectivity index (χ4n) is 2.39. The number of nitrogens with zero attached hydrogens (tertiary/aromatic N) is 4. The number of carboxylic acid groups (broad SMARTS) is 1. The molecule has 0 spiro atoms. The van der Waals surface area contributed by atoms with Gasteiger partial charge in [0, 0.05) is 18.8 Å². The molecule has 1 fully saturated rings. The summed E-state index contributed by atoms with van der Waals surface area (Å²) in [7, 11) is 0. The molecular weight excluding hydrogens is 286 g/mol. The molecule has 2 aromatic rings. The minimum Gasteiger partial charge on any atom is -0.481 e. The van der Waals surface area contributed by atoms with Crippen LogP contribution < -0.4 is 5.32 Å². The van der Waals surface area contributed by atoms with Crippen LogP contribution in [0, 0.1) is 5.92 Å². The number of carbonyl (C=O) groups is 2. The largest absolute Gasteiger partial charge is 0.481 e. The van der Waals surface area contributed by atoms with Gasteiger partial charge in [0.05, 0.1) is 24.0 Å². The molecule has 1 aromatic heterocycles. The Morgan fingerprint density at radius 1 is 1.27 bits per heavy atom. The first-order valence-electron chi connectivity index (χ1n) is 6.89. The highest BCUT2D eigenvalue weighted by atomic mass is 16.4. The highest BCUT2D eigenvalue weighted by molar-refractivity contribution is 5.90. The third-order valence-corrected chi connectivity index (χ3v) is 3.63. The Hall–Kier alpha value is -2.90. The number of carboxylic acids is 1. The van der Waals surface area contributed by atoms with E-state index in [2.05, 4.69) is 15.6 Å². The van der Waals surface area contributed by atoms with Crippen LogP contribution in [0.3, 0.4) is 0 Å². The van der Waals surface area contributed by atoms with Crippen LogP contribution in [0.15, 0.2) is 36.7 Å². The smallest absolute Gasteiger partial charge is 0.321 e. The van der Waals surface area contributed by atoms with Crippen LogP contribution in [0.4, 0.5) is 10.5 Å². The molecule has 2 heterocycles. The number of amides is 2. The number of aliphatic carboxylic acids is 1. The number of benzene rings is 1. The van der Waals surface area contributed by atoms with Crippen molar-refractivity contribution >= 4 is 17.7 Å². The monoisotopic (exact) mass is 301 g/mol. The standard InChI is InChI=1S/C14H15N5O3/c20-13(21)10-5-7-18(9-10)14(22)16-11-1-3-12(4-2-11)19-8-6-15-17-19/h1-4,6,8,10H,5,7,9H2,(H,16,22)(H,20,21). The molecule has 2 amide bonds. The first-order valence-corrected chi connectivity index (χ1v) is 6.89. The van der Waals surface area contributed by atoms with Crippen LogP contribution in [0.2, 0.25) is 0 Å². The molecule has 0 bridgehead atoms. The average Bonchev–Trinajstić information content (AvgIpc) is 3.20. The van der Waals surface area contributed by atoms with Crippen molar-refractivity contribution in [3.05, 3.63) is 36.7 Å². The fourth-order valence-corrected chi connectivity index (χ4v) is 2.39. The van der Waals surface area contributed by atoms with Crippen molar-refractivity contribution in [2.45, 2.75) is 6.42 Å². The van der Waals surface area contributed by atoms with Gasteiger partial charge in [0.25, 0.3) is 0 Å². The van der Waals surface area contributed by atoms with E-state index in [1.807, 2.05) is 12.1 Å². The van der Waals surface area contributed by atoms with Gasteiger partial charge in [-0.1, -0.05) is 5.21 Å². The molecule has 8 nitrogen and oxygen atoms in total. The van der Waals surface area contributed by atoms with Gasteiger partial charge in [0.1, 0.15) is 0 Å². The predicted octanol–water partition coefficient (Wildman–Crippen LogP) is 1.21. The van der Waals surface area contributed by atoms with Gasteiger partial charge >= 0.3 is 12.0 Å². The second kappa shape index (κ2) is 5.84. The number of hydrogen-bond acceptors (Lipinski definition) is 4. The predicted molar refractivity (Wildman–Crippen MR) is 77.7 cm³/mol. The molecule has 0 radical (unpaired) electrons. The maximum atomic E-state index is 12.1. The number of carbonyl (C=O) groups excluding carboxylic acids is 1. The van der Waals surface area contributed by atoms with Crippen LogP contribution in [-0.4, -0.2) is 50.1 Å². The number of urea groups is 1. The van der Waals surface area contributed by atoms with Crippen LogP contribution in [0.25, 0.3) is 5.69 Å². The second-order valence-corrected chi connectivity index (χ2v) is 5.09. The summed E-state index contributed by atoms with van der Waals surface area (Å²) in [4.78, 5) is 24.5. The molecule has 2 N–H and O–H groups in total.